The lowest BCUT2D eigenvalue weighted by Gasteiger charge is -2.05. The SMILES string of the molecule is Fc1ccc(-n2nnnc2-c2ccccc2)cc1Cl. The minimum atomic E-state index is -0.472. The molecule has 0 atom stereocenters. The van der Waals surface area contributed by atoms with E-state index in [4.69, 9.17) is 11.6 Å². The number of hydrogen-bond donors (Lipinski definition) is 0. The number of halogens is 2. The molecule has 2 aromatic carbocycles. The Morgan fingerprint density at radius 1 is 1.05 bits per heavy atom. The second-order valence-electron chi connectivity index (χ2n) is 3.88. The molecule has 0 fully saturated rings. The van der Waals surface area contributed by atoms with E-state index in [1.54, 1.807) is 6.07 Å². The molecule has 1 heterocycles. The molecule has 0 amide bonds. The van der Waals surface area contributed by atoms with Crippen LogP contribution in [0, 0.1) is 5.82 Å². The van der Waals surface area contributed by atoms with Crippen molar-refractivity contribution in [1.29, 1.82) is 0 Å². The van der Waals surface area contributed by atoms with Gasteiger partial charge in [0.15, 0.2) is 5.82 Å². The Kier molecular flexibility index (Phi) is 2.97. The van der Waals surface area contributed by atoms with Crippen LogP contribution in [-0.4, -0.2) is 20.2 Å². The fraction of sp³-hybridized carbons (Fsp3) is 0. The van der Waals surface area contributed by atoms with Gasteiger partial charge in [0.2, 0.25) is 0 Å². The van der Waals surface area contributed by atoms with Gasteiger partial charge in [-0.15, -0.1) is 5.10 Å². The third kappa shape index (κ3) is 2.20. The molecule has 0 N–H and O–H groups in total. The minimum absolute atomic E-state index is 0.0343. The van der Waals surface area contributed by atoms with Gasteiger partial charge in [-0.3, -0.25) is 0 Å². The lowest BCUT2D eigenvalue weighted by molar-refractivity contribution is 0.627. The highest BCUT2D eigenvalue weighted by Crippen LogP contribution is 2.22. The van der Waals surface area contributed by atoms with Crippen LogP contribution in [-0.2, 0) is 0 Å². The standard InChI is InChI=1S/C13H8ClFN4/c14-11-8-10(6-7-12(11)15)19-13(16-17-18-19)9-4-2-1-3-5-9/h1-8H. The Balaban J connectivity index is 2.12. The smallest absolute Gasteiger partial charge is 0.187 e. The summed E-state index contributed by atoms with van der Waals surface area (Å²) >= 11 is 5.77. The van der Waals surface area contributed by atoms with E-state index in [1.165, 1.54) is 16.8 Å². The Bertz CT molecular complexity index is 712. The van der Waals surface area contributed by atoms with Gasteiger partial charge < -0.3 is 0 Å². The topological polar surface area (TPSA) is 43.6 Å². The lowest BCUT2D eigenvalue weighted by atomic mass is 10.2. The van der Waals surface area contributed by atoms with Gasteiger partial charge in [-0.25, -0.2) is 4.39 Å². The highest BCUT2D eigenvalue weighted by molar-refractivity contribution is 6.30. The fourth-order valence-corrected chi connectivity index (χ4v) is 1.92. The van der Waals surface area contributed by atoms with Crippen LogP contribution in [0.15, 0.2) is 48.5 Å². The van der Waals surface area contributed by atoms with Crippen molar-refractivity contribution in [3.63, 3.8) is 0 Å². The van der Waals surface area contributed by atoms with Gasteiger partial charge in [-0.2, -0.15) is 4.68 Å². The summed E-state index contributed by atoms with van der Waals surface area (Å²) in [7, 11) is 0. The molecule has 0 unspecified atom stereocenters. The van der Waals surface area contributed by atoms with E-state index in [0.717, 1.165) is 5.56 Å². The first-order valence-electron chi connectivity index (χ1n) is 5.55. The van der Waals surface area contributed by atoms with Gasteiger partial charge in [0.05, 0.1) is 10.7 Å². The average molecular weight is 275 g/mol. The molecular weight excluding hydrogens is 267 g/mol. The van der Waals surface area contributed by atoms with Gasteiger partial charge in [0, 0.05) is 5.56 Å². The van der Waals surface area contributed by atoms with E-state index in [2.05, 4.69) is 15.5 Å². The maximum absolute atomic E-state index is 13.2. The molecule has 19 heavy (non-hydrogen) atoms. The summed E-state index contributed by atoms with van der Waals surface area (Å²) in [6, 6.07) is 13.8. The molecule has 0 saturated carbocycles. The van der Waals surface area contributed by atoms with Crippen LogP contribution < -0.4 is 0 Å². The Morgan fingerprint density at radius 3 is 2.58 bits per heavy atom. The molecule has 0 radical (unpaired) electrons. The quantitative estimate of drug-likeness (QED) is 0.721. The first-order valence-corrected chi connectivity index (χ1v) is 5.93. The molecule has 0 aliphatic carbocycles. The van der Waals surface area contributed by atoms with E-state index in [9.17, 15) is 4.39 Å². The third-order valence-electron chi connectivity index (χ3n) is 2.65. The van der Waals surface area contributed by atoms with Crippen LogP contribution in [0.5, 0.6) is 0 Å². The van der Waals surface area contributed by atoms with Gasteiger partial charge in [0.25, 0.3) is 0 Å². The van der Waals surface area contributed by atoms with Gasteiger partial charge in [-0.1, -0.05) is 41.9 Å². The highest BCUT2D eigenvalue weighted by Gasteiger charge is 2.11. The third-order valence-corrected chi connectivity index (χ3v) is 2.94. The van der Waals surface area contributed by atoms with Crippen LogP contribution >= 0.6 is 11.6 Å². The zero-order valence-electron chi connectivity index (χ0n) is 9.66. The van der Waals surface area contributed by atoms with Crippen molar-refractivity contribution in [2.45, 2.75) is 0 Å². The van der Waals surface area contributed by atoms with Gasteiger partial charge in [-0.05, 0) is 28.6 Å². The molecule has 0 aliphatic heterocycles. The first-order chi connectivity index (χ1) is 9.25. The van der Waals surface area contributed by atoms with Crippen LogP contribution in [0.1, 0.15) is 0 Å². The van der Waals surface area contributed by atoms with Crippen LogP contribution in [0.3, 0.4) is 0 Å². The summed E-state index contributed by atoms with van der Waals surface area (Å²) in [4.78, 5) is 0. The number of benzene rings is 2. The summed E-state index contributed by atoms with van der Waals surface area (Å²) in [5.41, 5.74) is 1.48. The maximum Gasteiger partial charge on any atom is 0.187 e. The molecule has 1 aromatic heterocycles. The van der Waals surface area contributed by atoms with Crippen molar-refractivity contribution in [3.05, 3.63) is 59.4 Å². The van der Waals surface area contributed by atoms with Gasteiger partial charge >= 0.3 is 0 Å². The molecule has 94 valence electrons. The Labute approximate surface area is 113 Å². The summed E-state index contributed by atoms with van der Waals surface area (Å²) in [6.45, 7) is 0. The molecule has 0 aliphatic rings. The fourth-order valence-electron chi connectivity index (χ4n) is 1.75. The number of tetrazole rings is 1. The molecule has 3 rings (SSSR count). The first kappa shape index (κ1) is 11.8. The van der Waals surface area contributed by atoms with E-state index < -0.39 is 5.82 Å². The van der Waals surface area contributed by atoms with Crippen LogP contribution in [0.2, 0.25) is 5.02 Å². The average Bonchev–Trinajstić information content (AvgIpc) is 2.92. The second kappa shape index (κ2) is 4.78. The normalized spacial score (nSPS) is 10.6. The maximum atomic E-state index is 13.2. The summed E-state index contributed by atoms with van der Waals surface area (Å²) < 4.78 is 14.7. The minimum Gasteiger partial charge on any atom is -0.205 e. The van der Waals surface area contributed by atoms with E-state index in [1.807, 2.05) is 30.3 Å². The highest BCUT2D eigenvalue weighted by atomic mass is 35.5. The molecule has 4 nitrogen and oxygen atoms in total. The van der Waals surface area contributed by atoms with E-state index in [-0.39, 0.29) is 5.02 Å². The van der Waals surface area contributed by atoms with Crippen molar-refractivity contribution < 1.29 is 4.39 Å². The molecule has 3 aromatic rings. The summed E-state index contributed by atoms with van der Waals surface area (Å²) in [5.74, 6) is 0.100. The number of hydrogen-bond acceptors (Lipinski definition) is 3. The van der Waals surface area contributed by atoms with Gasteiger partial charge in [0.1, 0.15) is 5.82 Å². The molecule has 0 spiro atoms. The monoisotopic (exact) mass is 274 g/mol. The van der Waals surface area contributed by atoms with Crippen molar-refractivity contribution in [1.82, 2.24) is 20.2 Å². The van der Waals surface area contributed by atoms with E-state index >= 15 is 0 Å². The van der Waals surface area contributed by atoms with E-state index in [0.29, 0.717) is 11.5 Å². The zero-order valence-corrected chi connectivity index (χ0v) is 10.4. The zero-order chi connectivity index (χ0) is 13.2. The van der Waals surface area contributed by atoms with Crippen molar-refractivity contribution in [2.75, 3.05) is 0 Å². The molecule has 0 saturated heterocycles. The van der Waals surface area contributed by atoms with Crippen molar-refractivity contribution >= 4 is 11.6 Å². The summed E-state index contributed by atoms with van der Waals surface area (Å²) in [5, 5.41) is 11.6. The van der Waals surface area contributed by atoms with Crippen molar-refractivity contribution in [3.8, 4) is 17.1 Å². The number of rotatable bonds is 2. The lowest BCUT2D eigenvalue weighted by Crippen LogP contribution is -2.00. The van der Waals surface area contributed by atoms with Crippen LogP contribution in [0.4, 0.5) is 4.39 Å². The predicted octanol–water partition coefficient (Wildman–Crippen LogP) is 3.12. The van der Waals surface area contributed by atoms with Crippen molar-refractivity contribution in [2.24, 2.45) is 0 Å². The van der Waals surface area contributed by atoms with Crippen LogP contribution in [0.25, 0.3) is 17.1 Å². The largest absolute Gasteiger partial charge is 0.205 e. The second-order valence-corrected chi connectivity index (χ2v) is 4.29. The predicted molar refractivity (Wildman–Crippen MR) is 69.6 cm³/mol. The molecule has 6 heteroatoms. The number of nitrogens with zero attached hydrogens (tertiary/aromatic N) is 4. The Hall–Kier alpha value is -2.27. The number of aromatic nitrogens is 4. The summed E-state index contributed by atoms with van der Waals surface area (Å²) in [6.07, 6.45) is 0. The molecular formula is C13H8ClFN4. The Morgan fingerprint density at radius 2 is 1.84 bits per heavy atom. The molecule has 0 bridgehead atoms.